The number of aryl methyl sites for hydroxylation is 1. The molecular weight excluding hydrogens is 337 g/mol. The second-order valence-electron chi connectivity index (χ2n) is 3.92. The zero-order valence-corrected chi connectivity index (χ0v) is 12.9. The molecule has 1 rings (SSSR count). The smallest absolute Gasteiger partial charge is 0.415 e. The maximum atomic E-state index is 10.4. The highest BCUT2D eigenvalue weighted by Gasteiger charge is 2.26. The summed E-state index contributed by atoms with van der Waals surface area (Å²) in [5.74, 6) is -0.541. The Bertz CT molecular complexity index is 676. The van der Waals surface area contributed by atoms with Crippen molar-refractivity contribution in [3.05, 3.63) is 37.9 Å². The van der Waals surface area contributed by atoms with Gasteiger partial charge in [-0.25, -0.2) is 4.57 Å². The van der Waals surface area contributed by atoms with Crippen LogP contribution in [0.3, 0.4) is 0 Å². The fraction of sp³-hybridized carbons (Fsp3) is 0.300. The molecule has 0 bridgehead atoms. The highest BCUT2D eigenvalue weighted by atomic mass is 31.2. The Kier molecular flexibility index (Phi) is 7.26. The van der Waals surface area contributed by atoms with Gasteiger partial charge in [0, 0.05) is 11.6 Å². The molecule has 23 heavy (non-hydrogen) atoms. The number of carbonyl (C=O) groups excluding carboxylic acids is 1. The Morgan fingerprint density at radius 1 is 1.35 bits per heavy atom. The van der Waals surface area contributed by atoms with Gasteiger partial charge in [-0.05, 0) is 13.8 Å². The molecule has 13 heteroatoms. The van der Waals surface area contributed by atoms with E-state index in [9.17, 15) is 34.7 Å². The Hall–Kier alpha value is -2.56. The standard InChI is InChI=1S/C7H6N2O5.C3H8NO4P/c1-4-2-5(8(11)12)3-6(7(4)10)9(13)14;1-2-8-9(6,7)3(4)5/h2-3,10H,1H3;2H2,1H3,(H2,4,5)(H,6,7). The predicted octanol–water partition coefficient (Wildman–Crippen LogP) is 1.80. The number of hydrogen-bond acceptors (Lipinski definition) is 8. The van der Waals surface area contributed by atoms with Crippen LogP contribution in [-0.2, 0) is 9.09 Å². The van der Waals surface area contributed by atoms with Gasteiger partial charge in [0.2, 0.25) is 0 Å². The number of nitrogens with zero attached hydrogens (tertiary/aromatic N) is 2. The van der Waals surface area contributed by atoms with Crippen LogP contribution in [0, 0.1) is 27.2 Å². The summed E-state index contributed by atoms with van der Waals surface area (Å²) >= 11 is 0. The van der Waals surface area contributed by atoms with E-state index in [0.29, 0.717) is 0 Å². The summed E-state index contributed by atoms with van der Waals surface area (Å²) in [6.45, 7) is 2.85. The molecule has 4 N–H and O–H groups in total. The van der Waals surface area contributed by atoms with E-state index in [4.69, 9.17) is 4.89 Å². The van der Waals surface area contributed by atoms with Crippen molar-refractivity contribution in [3.8, 4) is 5.75 Å². The van der Waals surface area contributed by atoms with Gasteiger partial charge in [-0.2, -0.15) is 0 Å². The summed E-state index contributed by atoms with van der Waals surface area (Å²) < 4.78 is 14.5. The average Bonchev–Trinajstić information content (AvgIpc) is 2.41. The van der Waals surface area contributed by atoms with Gasteiger partial charge in [0.25, 0.3) is 5.69 Å². The van der Waals surface area contributed by atoms with E-state index in [1.54, 1.807) is 0 Å². The van der Waals surface area contributed by atoms with Gasteiger partial charge in [-0.1, -0.05) is 0 Å². The SMILES string of the molecule is CCOP(=O)(O)C(N)=O.Cc1cc([N+](=O)[O-])cc([N+](=O)[O-])c1O. The van der Waals surface area contributed by atoms with Gasteiger partial charge < -0.3 is 20.3 Å². The summed E-state index contributed by atoms with van der Waals surface area (Å²) in [5.41, 5.74) is 2.20. The van der Waals surface area contributed by atoms with E-state index >= 15 is 0 Å². The monoisotopic (exact) mass is 351 g/mol. The molecule has 1 amide bonds. The lowest BCUT2D eigenvalue weighted by Gasteiger charge is -2.03. The maximum Gasteiger partial charge on any atom is 0.415 e. The number of primary amides is 1. The third-order valence-corrected chi connectivity index (χ3v) is 3.42. The first-order valence-corrected chi connectivity index (χ1v) is 7.41. The van der Waals surface area contributed by atoms with Crippen molar-refractivity contribution in [3.63, 3.8) is 0 Å². The van der Waals surface area contributed by atoms with Crippen molar-refractivity contribution in [1.29, 1.82) is 0 Å². The predicted molar refractivity (Wildman–Crippen MR) is 77.2 cm³/mol. The molecule has 128 valence electrons. The second-order valence-corrected chi connectivity index (χ2v) is 5.66. The van der Waals surface area contributed by atoms with Crippen LogP contribution in [0.4, 0.5) is 16.2 Å². The van der Waals surface area contributed by atoms with E-state index < -0.39 is 40.2 Å². The molecule has 0 saturated carbocycles. The largest absolute Gasteiger partial charge is 0.502 e. The van der Waals surface area contributed by atoms with Crippen LogP contribution in [0.2, 0.25) is 0 Å². The fourth-order valence-corrected chi connectivity index (χ4v) is 1.70. The summed E-state index contributed by atoms with van der Waals surface area (Å²) in [6.07, 6.45) is 0. The zero-order chi connectivity index (χ0) is 18.4. The molecule has 0 aliphatic heterocycles. The third-order valence-electron chi connectivity index (χ3n) is 2.26. The fourth-order valence-electron chi connectivity index (χ4n) is 1.23. The Morgan fingerprint density at radius 3 is 2.17 bits per heavy atom. The highest BCUT2D eigenvalue weighted by molar-refractivity contribution is 7.70. The van der Waals surface area contributed by atoms with E-state index in [1.165, 1.54) is 13.8 Å². The number of nitrogens with two attached hydrogens (primary N) is 1. The van der Waals surface area contributed by atoms with Gasteiger partial charge in [-0.15, -0.1) is 0 Å². The van der Waals surface area contributed by atoms with Crippen LogP contribution in [0.25, 0.3) is 0 Å². The molecule has 0 spiro atoms. The van der Waals surface area contributed by atoms with Crippen molar-refractivity contribution in [1.82, 2.24) is 0 Å². The number of carbonyl (C=O) groups is 1. The minimum atomic E-state index is -4.13. The molecule has 1 atom stereocenters. The molecule has 0 saturated heterocycles. The molecule has 0 aromatic heterocycles. The van der Waals surface area contributed by atoms with E-state index in [1.807, 2.05) is 0 Å². The number of non-ortho nitro benzene ring substituents is 1. The van der Waals surface area contributed by atoms with Crippen molar-refractivity contribution >= 4 is 24.6 Å². The topological polar surface area (TPSA) is 196 Å². The molecule has 0 aliphatic carbocycles. The number of benzene rings is 1. The van der Waals surface area contributed by atoms with Gasteiger partial charge in [0.1, 0.15) is 0 Å². The number of rotatable bonds is 5. The normalized spacial score (nSPS) is 12.5. The lowest BCUT2D eigenvalue weighted by molar-refractivity contribution is -0.394. The first-order valence-electron chi connectivity index (χ1n) is 5.83. The number of phenols is 1. The van der Waals surface area contributed by atoms with Crippen LogP contribution in [0.15, 0.2) is 12.1 Å². The molecule has 0 heterocycles. The number of amides is 1. The van der Waals surface area contributed by atoms with Gasteiger partial charge >= 0.3 is 18.9 Å². The molecule has 1 unspecified atom stereocenters. The lowest BCUT2D eigenvalue weighted by Crippen LogP contribution is -2.10. The van der Waals surface area contributed by atoms with Crippen LogP contribution >= 0.6 is 7.60 Å². The van der Waals surface area contributed by atoms with Crippen LogP contribution < -0.4 is 5.73 Å². The van der Waals surface area contributed by atoms with Crippen LogP contribution in [0.5, 0.6) is 5.75 Å². The number of nitro groups is 2. The molecule has 1 aromatic carbocycles. The summed E-state index contributed by atoms with van der Waals surface area (Å²) in [7, 11) is -4.13. The minimum Gasteiger partial charge on any atom is -0.502 e. The van der Waals surface area contributed by atoms with Crippen LogP contribution in [0.1, 0.15) is 12.5 Å². The zero-order valence-electron chi connectivity index (χ0n) is 12.0. The Balaban J connectivity index is 0.000000468. The quantitative estimate of drug-likeness (QED) is 0.402. The van der Waals surface area contributed by atoms with Gasteiger partial charge in [-0.3, -0.25) is 25.0 Å². The molecule has 0 fully saturated rings. The van der Waals surface area contributed by atoms with Crippen molar-refractivity contribution in [2.75, 3.05) is 6.61 Å². The summed E-state index contributed by atoms with van der Waals surface area (Å²) in [4.78, 5) is 37.5. The number of phenolic OH excluding ortho intramolecular Hbond substituents is 1. The first-order chi connectivity index (χ1) is 10.4. The van der Waals surface area contributed by atoms with Crippen molar-refractivity contribution < 1.29 is 33.7 Å². The molecule has 0 aliphatic rings. The Labute approximate surface area is 129 Å². The lowest BCUT2D eigenvalue weighted by atomic mass is 10.1. The molecule has 1 aromatic rings. The number of aromatic hydroxyl groups is 1. The number of nitro benzene ring substituents is 2. The minimum absolute atomic E-state index is 0.00326. The second kappa shape index (κ2) is 8.17. The van der Waals surface area contributed by atoms with E-state index in [2.05, 4.69) is 10.3 Å². The van der Waals surface area contributed by atoms with E-state index in [0.717, 1.165) is 12.1 Å². The third kappa shape index (κ3) is 5.98. The molecule has 12 nitrogen and oxygen atoms in total. The molecule has 0 radical (unpaired) electrons. The maximum absolute atomic E-state index is 10.4. The average molecular weight is 351 g/mol. The van der Waals surface area contributed by atoms with Crippen molar-refractivity contribution in [2.24, 2.45) is 5.73 Å². The highest BCUT2D eigenvalue weighted by Crippen LogP contribution is 2.40. The van der Waals surface area contributed by atoms with E-state index in [-0.39, 0.29) is 12.2 Å². The summed E-state index contributed by atoms with van der Waals surface area (Å²) in [5, 5.41) is 29.9. The van der Waals surface area contributed by atoms with Crippen LogP contribution in [-0.4, -0.2) is 32.1 Å². The number of hydrogen-bond donors (Lipinski definition) is 3. The first kappa shape index (κ1) is 20.4. The van der Waals surface area contributed by atoms with Gasteiger partial charge in [0.15, 0.2) is 5.75 Å². The summed E-state index contributed by atoms with van der Waals surface area (Å²) in [6, 6.07) is 1.80. The Morgan fingerprint density at radius 2 is 1.87 bits per heavy atom. The molecular formula is C10H14N3O9P. The van der Waals surface area contributed by atoms with Crippen molar-refractivity contribution in [2.45, 2.75) is 13.8 Å². The van der Waals surface area contributed by atoms with Gasteiger partial charge in [0.05, 0.1) is 22.5 Å².